The first kappa shape index (κ1) is 19.9. The molecule has 0 aromatic heterocycles. The number of rotatable bonds is 6. The van der Waals surface area contributed by atoms with Crippen LogP contribution in [-0.2, 0) is 10.0 Å². The fourth-order valence-corrected chi connectivity index (χ4v) is 4.83. The maximum atomic E-state index is 13.0. The van der Waals surface area contributed by atoms with Crippen LogP contribution >= 0.6 is 0 Å². The molecule has 0 fully saturated rings. The van der Waals surface area contributed by atoms with E-state index in [2.05, 4.69) is 5.32 Å². The van der Waals surface area contributed by atoms with E-state index in [1.807, 2.05) is 0 Å². The molecule has 0 spiro atoms. The summed E-state index contributed by atoms with van der Waals surface area (Å²) in [5.41, 5.74) is 0.619. The highest BCUT2D eigenvalue weighted by Crippen LogP contribution is 2.38. The second-order valence-electron chi connectivity index (χ2n) is 6.22. The quantitative estimate of drug-likeness (QED) is 0.618. The molecule has 6 nitrogen and oxygen atoms in total. The molecule has 0 atom stereocenters. The van der Waals surface area contributed by atoms with Crippen LogP contribution in [0.3, 0.4) is 0 Å². The Morgan fingerprint density at radius 1 is 0.964 bits per heavy atom. The zero-order chi connectivity index (χ0) is 20.3. The zero-order valence-corrected chi connectivity index (χ0v) is 16.5. The number of nitrogens with one attached hydrogen (secondary N) is 1. The Balaban J connectivity index is 2.15. The van der Waals surface area contributed by atoms with Gasteiger partial charge in [-0.15, -0.1) is 0 Å². The molecule has 0 heterocycles. The van der Waals surface area contributed by atoms with Crippen LogP contribution in [0.25, 0.3) is 10.8 Å². The summed E-state index contributed by atoms with van der Waals surface area (Å²) in [4.78, 5) is 12.6. The number of aromatic hydroxyl groups is 1. The summed E-state index contributed by atoms with van der Waals surface area (Å²) < 4.78 is 27.4. The first-order valence-electron chi connectivity index (χ1n) is 9.01. The predicted molar refractivity (Wildman–Crippen MR) is 110 cm³/mol. The van der Waals surface area contributed by atoms with Crippen LogP contribution in [0.2, 0.25) is 0 Å². The normalized spacial score (nSPS) is 11.7. The molecule has 0 aliphatic carbocycles. The number of nitrogens with zero attached hydrogens (tertiary/aromatic N) is 1. The Hall–Kier alpha value is -2.90. The lowest BCUT2D eigenvalue weighted by atomic mass is 10.1. The van der Waals surface area contributed by atoms with Gasteiger partial charge in [-0.05, 0) is 12.1 Å². The first-order chi connectivity index (χ1) is 13.4. The Labute approximate surface area is 164 Å². The Morgan fingerprint density at radius 2 is 1.54 bits per heavy atom. The Morgan fingerprint density at radius 3 is 2.14 bits per heavy atom. The van der Waals surface area contributed by atoms with Crippen LogP contribution in [0.1, 0.15) is 24.2 Å². The largest absolute Gasteiger partial charge is 0.506 e. The molecule has 0 saturated heterocycles. The van der Waals surface area contributed by atoms with Crippen LogP contribution in [0, 0.1) is 0 Å². The summed E-state index contributed by atoms with van der Waals surface area (Å²) in [6, 6.07) is 16.6. The van der Waals surface area contributed by atoms with Crippen molar-refractivity contribution >= 4 is 32.4 Å². The van der Waals surface area contributed by atoms with Crippen molar-refractivity contribution in [2.75, 3.05) is 18.4 Å². The summed E-state index contributed by atoms with van der Waals surface area (Å²) in [7, 11) is -3.79. The van der Waals surface area contributed by atoms with E-state index in [1.165, 1.54) is 10.4 Å². The van der Waals surface area contributed by atoms with E-state index in [0.717, 1.165) is 0 Å². The number of carbonyl (C=O) groups is 1. The van der Waals surface area contributed by atoms with Gasteiger partial charge in [0.25, 0.3) is 5.91 Å². The highest BCUT2D eigenvalue weighted by molar-refractivity contribution is 7.89. The third-order valence-corrected chi connectivity index (χ3v) is 6.67. The van der Waals surface area contributed by atoms with Crippen LogP contribution in [0.5, 0.6) is 5.75 Å². The number of hydrogen-bond acceptors (Lipinski definition) is 4. The molecular formula is C21H22N2O4S. The summed E-state index contributed by atoms with van der Waals surface area (Å²) >= 11 is 0. The van der Waals surface area contributed by atoms with Crippen molar-refractivity contribution in [3.63, 3.8) is 0 Å². The maximum absolute atomic E-state index is 13.0. The Bertz CT molecular complexity index is 1110. The second-order valence-corrected chi connectivity index (χ2v) is 8.13. The molecule has 3 aromatic rings. The molecule has 28 heavy (non-hydrogen) atoms. The number of anilines is 1. The van der Waals surface area contributed by atoms with Crippen molar-refractivity contribution in [2.24, 2.45) is 0 Å². The van der Waals surface area contributed by atoms with Gasteiger partial charge in [0.1, 0.15) is 5.75 Å². The average Bonchev–Trinajstić information content (AvgIpc) is 2.71. The Kier molecular flexibility index (Phi) is 5.67. The topological polar surface area (TPSA) is 86.7 Å². The van der Waals surface area contributed by atoms with Gasteiger partial charge in [0, 0.05) is 35.5 Å². The van der Waals surface area contributed by atoms with Crippen molar-refractivity contribution in [3.8, 4) is 5.75 Å². The van der Waals surface area contributed by atoms with Crippen molar-refractivity contribution in [1.29, 1.82) is 0 Å². The van der Waals surface area contributed by atoms with Gasteiger partial charge in [0.15, 0.2) is 0 Å². The number of amides is 1. The SMILES string of the molecule is CCN(CC)S(=O)(=O)c1cc(O)c(NC(=O)c2ccccc2)c2ccccc12. The number of carbonyl (C=O) groups excluding carboxylic acids is 1. The van der Waals surface area contributed by atoms with E-state index < -0.39 is 10.0 Å². The molecule has 0 bridgehead atoms. The van der Waals surface area contributed by atoms with E-state index in [0.29, 0.717) is 29.4 Å². The van der Waals surface area contributed by atoms with Crippen molar-refractivity contribution in [3.05, 3.63) is 66.2 Å². The fourth-order valence-electron chi connectivity index (χ4n) is 3.15. The van der Waals surface area contributed by atoms with Gasteiger partial charge in [0.05, 0.1) is 10.6 Å². The number of phenolic OH excluding ortho intramolecular Hbond substituents is 1. The third kappa shape index (κ3) is 3.58. The number of sulfonamides is 1. The van der Waals surface area contributed by atoms with Crippen molar-refractivity contribution in [2.45, 2.75) is 18.7 Å². The minimum absolute atomic E-state index is 0.0158. The maximum Gasteiger partial charge on any atom is 0.255 e. The number of benzene rings is 3. The van der Waals surface area contributed by atoms with E-state index in [1.54, 1.807) is 68.4 Å². The molecule has 3 aromatic carbocycles. The summed E-state index contributed by atoms with van der Waals surface area (Å²) in [6.45, 7) is 4.16. The van der Waals surface area contributed by atoms with E-state index >= 15 is 0 Å². The highest BCUT2D eigenvalue weighted by Gasteiger charge is 2.26. The van der Waals surface area contributed by atoms with E-state index in [9.17, 15) is 18.3 Å². The molecule has 0 aliphatic rings. The molecule has 3 rings (SSSR count). The van der Waals surface area contributed by atoms with Crippen LogP contribution in [0.4, 0.5) is 5.69 Å². The van der Waals surface area contributed by atoms with E-state index in [4.69, 9.17) is 0 Å². The monoisotopic (exact) mass is 398 g/mol. The highest BCUT2D eigenvalue weighted by atomic mass is 32.2. The van der Waals surface area contributed by atoms with Gasteiger partial charge in [0.2, 0.25) is 10.0 Å². The number of phenols is 1. The lowest BCUT2D eigenvalue weighted by Gasteiger charge is -2.21. The molecular weight excluding hydrogens is 376 g/mol. The fraction of sp³-hybridized carbons (Fsp3) is 0.190. The molecule has 0 unspecified atom stereocenters. The van der Waals surface area contributed by atoms with Gasteiger partial charge >= 0.3 is 0 Å². The molecule has 7 heteroatoms. The lowest BCUT2D eigenvalue weighted by Crippen LogP contribution is -2.30. The molecule has 0 saturated carbocycles. The van der Waals surface area contributed by atoms with Crippen LogP contribution in [-0.4, -0.2) is 36.8 Å². The lowest BCUT2D eigenvalue weighted by molar-refractivity contribution is 0.102. The number of fused-ring (bicyclic) bond motifs is 1. The van der Waals surface area contributed by atoms with Gasteiger partial charge in [-0.25, -0.2) is 8.42 Å². The second kappa shape index (κ2) is 8.00. The minimum Gasteiger partial charge on any atom is -0.506 e. The van der Waals surface area contributed by atoms with Crippen molar-refractivity contribution in [1.82, 2.24) is 4.31 Å². The van der Waals surface area contributed by atoms with Gasteiger partial charge < -0.3 is 10.4 Å². The summed E-state index contributed by atoms with van der Waals surface area (Å²) in [5, 5.41) is 14.2. The molecule has 0 radical (unpaired) electrons. The number of hydrogen-bond donors (Lipinski definition) is 2. The predicted octanol–water partition coefficient (Wildman–Crippen LogP) is 3.83. The summed E-state index contributed by atoms with van der Waals surface area (Å²) in [5.74, 6) is -0.686. The third-order valence-electron chi connectivity index (χ3n) is 4.58. The average molecular weight is 398 g/mol. The van der Waals surface area contributed by atoms with Gasteiger partial charge in [-0.2, -0.15) is 4.31 Å². The molecule has 1 amide bonds. The van der Waals surface area contributed by atoms with E-state index in [-0.39, 0.29) is 22.2 Å². The molecule has 146 valence electrons. The van der Waals surface area contributed by atoms with Crippen LogP contribution < -0.4 is 5.32 Å². The smallest absolute Gasteiger partial charge is 0.255 e. The van der Waals surface area contributed by atoms with Gasteiger partial charge in [-0.3, -0.25) is 4.79 Å². The zero-order valence-electron chi connectivity index (χ0n) is 15.7. The first-order valence-corrected chi connectivity index (χ1v) is 10.4. The van der Waals surface area contributed by atoms with Crippen molar-refractivity contribution < 1.29 is 18.3 Å². The molecule has 0 aliphatic heterocycles. The standard InChI is InChI=1S/C21H22N2O4S/c1-3-23(4-2)28(26,27)19-14-18(24)20(17-13-9-8-12-16(17)19)22-21(25)15-10-6-5-7-11-15/h5-14,24H,3-4H2,1-2H3,(H,22,25). The molecule has 2 N–H and O–H groups in total. The van der Waals surface area contributed by atoms with Gasteiger partial charge in [-0.1, -0.05) is 56.3 Å². The summed E-state index contributed by atoms with van der Waals surface area (Å²) in [6.07, 6.45) is 0. The van der Waals surface area contributed by atoms with Crippen LogP contribution in [0.15, 0.2) is 65.6 Å². The minimum atomic E-state index is -3.79.